The molecule has 2 aromatic rings. The van der Waals surface area contributed by atoms with E-state index in [9.17, 15) is 13.2 Å². The first-order valence-electron chi connectivity index (χ1n) is 8.78. The molecule has 1 saturated carbocycles. The second-order valence-electron chi connectivity index (χ2n) is 6.56. The van der Waals surface area contributed by atoms with Gasteiger partial charge < -0.3 is 5.32 Å². The van der Waals surface area contributed by atoms with E-state index in [1.54, 1.807) is 0 Å². The third-order valence-electron chi connectivity index (χ3n) is 4.99. The number of hydrogen-bond acceptors (Lipinski definition) is 3. The highest BCUT2D eigenvalue weighted by Crippen LogP contribution is 2.48. The van der Waals surface area contributed by atoms with Gasteiger partial charge in [0.15, 0.2) is 14.6 Å². The Morgan fingerprint density at radius 3 is 2.04 bits per heavy atom. The first-order valence-corrected chi connectivity index (χ1v) is 10.6. The fourth-order valence-corrected chi connectivity index (χ4v) is 5.21. The van der Waals surface area contributed by atoms with E-state index in [0.717, 1.165) is 29.7 Å². The molecule has 0 spiro atoms. The Morgan fingerprint density at radius 1 is 1.04 bits per heavy atom. The molecule has 0 aliphatic heterocycles. The molecule has 1 aliphatic carbocycles. The van der Waals surface area contributed by atoms with E-state index >= 15 is 0 Å². The topological polar surface area (TPSA) is 63.2 Å². The van der Waals surface area contributed by atoms with Crippen LogP contribution in [0, 0.1) is 0 Å². The molecule has 0 atom stereocenters. The fourth-order valence-electron chi connectivity index (χ4n) is 3.20. The summed E-state index contributed by atoms with van der Waals surface area (Å²) in [5, 5.41) is 3.39. The van der Waals surface area contributed by atoms with Gasteiger partial charge in [-0.05, 0) is 61.1 Å². The minimum absolute atomic E-state index is 0.133. The van der Waals surface area contributed by atoms with Crippen LogP contribution in [0.1, 0.15) is 37.8 Å². The molecule has 0 aromatic heterocycles. The number of hydrogen-bond donors (Lipinski definition) is 1. The predicted octanol–water partition coefficient (Wildman–Crippen LogP) is 4.41. The highest BCUT2D eigenvalue weighted by atomic mass is 35.5. The monoisotopic (exact) mass is 391 g/mol. The van der Waals surface area contributed by atoms with Crippen LogP contribution in [-0.2, 0) is 27.5 Å². The Kier molecular flexibility index (Phi) is 5.13. The Balaban J connectivity index is 1.94. The number of nitrogens with one attached hydrogen (secondary N) is 1. The zero-order chi connectivity index (χ0) is 18.9. The van der Waals surface area contributed by atoms with Gasteiger partial charge in [0.25, 0.3) is 0 Å². The maximum atomic E-state index is 13.1. The molecule has 1 N–H and O–H groups in total. The summed E-state index contributed by atoms with van der Waals surface area (Å²) < 4.78 is 24.7. The molecular formula is C20H22ClNO3S. The summed E-state index contributed by atoms with van der Waals surface area (Å²) in [4.78, 5) is 13.1. The van der Waals surface area contributed by atoms with E-state index in [-0.39, 0.29) is 4.90 Å². The number of aryl methyl sites for hydroxylation is 2. The molecule has 0 bridgehead atoms. The fraction of sp³-hybridized carbons (Fsp3) is 0.350. The van der Waals surface area contributed by atoms with Gasteiger partial charge in [-0.2, -0.15) is 0 Å². The minimum Gasteiger partial charge on any atom is -0.324 e. The van der Waals surface area contributed by atoms with Crippen molar-refractivity contribution in [3.05, 3.63) is 58.6 Å². The van der Waals surface area contributed by atoms with Gasteiger partial charge in [0, 0.05) is 10.7 Å². The molecule has 2 aromatic carbocycles. The Morgan fingerprint density at radius 2 is 1.58 bits per heavy atom. The number of carbonyl (C=O) groups excluding carboxylic acids is 1. The zero-order valence-corrected chi connectivity index (χ0v) is 16.5. The quantitative estimate of drug-likeness (QED) is 0.793. The van der Waals surface area contributed by atoms with Crippen molar-refractivity contribution in [1.82, 2.24) is 0 Å². The van der Waals surface area contributed by atoms with E-state index in [2.05, 4.69) is 5.32 Å². The van der Waals surface area contributed by atoms with E-state index in [1.165, 1.54) is 24.3 Å². The van der Waals surface area contributed by atoms with Gasteiger partial charge in [0.1, 0.15) is 0 Å². The zero-order valence-electron chi connectivity index (χ0n) is 14.9. The Bertz CT molecular complexity index is 910. The van der Waals surface area contributed by atoms with Crippen LogP contribution in [0.3, 0.4) is 0 Å². The van der Waals surface area contributed by atoms with Crippen molar-refractivity contribution < 1.29 is 13.2 Å². The van der Waals surface area contributed by atoms with Crippen molar-refractivity contribution in [2.45, 2.75) is 49.2 Å². The van der Waals surface area contributed by atoms with Crippen molar-refractivity contribution in [3.8, 4) is 0 Å². The summed E-state index contributed by atoms with van der Waals surface area (Å²) >= 11 is 5.85. The van der Waals surface area contributed by atoms with Crippen LogP contribution in [0.2, 0.25) is 5.02 Å². The van der Waals surface area contributed by atoms with Crippen LogP contribution in [0.25, 0.3) is 0 Å². The highest BCUT2D eigenvalue weighted by Gasteiger charge is 2.61. The average Bonchev–Trinajstić information content (AvgIpc) is 3.44. The molecule has 0 heterocycles. The molecule has 0 saturated heterocycles. The predicted molar refractivity (Wildman–Crippen MR) is 104 cm³/mol. The van der Waals surface area contributed by atoms with Crippen LogP contribution >= 0.6 is 11.6 Å². The highest BCUT2D eigenvalue weighted by molar-refractivity contribution is 7.94. The second-order valence-corrected chi connectivity index (χ2v) is 9.26. The van der Waals surface area contributed by atoms with E-state index in [0.29, 0.717) is 17.9 Å². The van der Waals surface area contributed by atoms with Crippen LogP contribution in [0.5, 0.6) is 0 Å². The largest absolute Gasteiger partial charge is 0.324 e. The van der Waals surface area contributed by atoms with Gasteiger partial charge in [-0.3, -0.25) is 4.79 Å². The van der Waals surface area contributed by atoms with Crippen LogP contribution in [0.4, 0.5) is 5.69 Å². The van der Waals surface area contributed by atoms with Crippen LogP contribution < -0.4 is 5.32 Å². The van der Waals surface area contributed by atoms with Crippen molar-refractivity contribution in [2.75, 3.05) is 5.32 Å². The first kappa shape index (κ1) is 18.9. The van der Waals surface area contributed by atoms with E-state index in [1.807, 2.05) is 32.0 Å². The third-order valence-corrected chi connectivity index (χ3v) is 7.76. The molecule has 6 heteroatoms. The molecule has 26 heavy (non-hydrogen) atoms. The lowest BCUT2D eigenvalue weighted by Crippen LogP contribution is -2.38. The SMILES string of the molecule is CCc1cccc(CC)c1NC(=O)C1(S(=O)(=O)c2ccc(Cl)cc2)CC1. The standard InChI is InChI=1S/C20H22ClNO3S/c1-3-14-6-5-7-15(4-2)18(14)22-19(23)20(12-13-20)26(24,25)17-10-8-16(21)9-11-17/h5-11H,3-4,12-13H2,1-2H3,(H,22,23). The smallest absolute Gasteiger partial charge is 0.246 e. The lowest BCUT2D eigenvalue weighted by Gasteiger charge is -2.20. The van der Waals surface area contributed by atoms with Gasteiger partial charge in [-0.25, -0.2) is 8.42 Å². The molecule has 4 nitrogen and oxygen atoms in total. The maximum absolute atomic E-state index is 13.1. The number of rotatable bonds is 6. The van der Waals surface area contributed by atoms with Gasteiger partial charge >= 0.3 is 0 Å². The van der Waals surface area contributed by atoms with Crippen molar-refractivity contribution >= 4 is 33.0 Å². The lowest BCUT2D eigenvalue weighted by molar-refractivity contribution is -0.116. The molecule has 0 radical (unpaired) electrons. The summed E-state index contributed by atoms with van der Waals surface area (Å²) in [6.07, 6.45) is 2.19. The molecule has 1 amide bonds. The van der Waals surface area contributed by atoms with E-state index in [4.69, 9.17) is 11.6 Å². The van der Waals surface area contributed by atoms with Gasteiger partial charge in [0.05, 0.1) is 4.90 Å². The minimum atomic E-state index is -3.77. The maximum Gasteiger partial charge on any atom is 0.246 e. The van der Waals surface area contributed by atoms with E-state index < -0.39 is 20.5 Å². The normalized spacial score (nSPS) is 15.5. The van der Waals surface area contributed by atoms with Gasteiger partial charge in [-0.15, -0.1) is 0 Å². The van der Waals surface area contributed by atoms with Crippen molar-refractivity contribution in [2.24, 2.45) is 0 Å². The number of sulfone groups is 1. The number of para-hydroxylation sites is 1. The third kappa shape index (κ3) is 3.14. The van der Waals surface area contributed by atoms with Crippen molar-refractivity contribution in [3.63, 3.8) is 0 Å². The summed E-state index contributed by atoms with van der Waals surface area (Å²) in [6, 6.07) is 11.9. The number of amides is 1. The lowest BCUT2D eigenvalue weighted by atomic mass is 10.0. The second kappa shape index (κ2) is 7.05. The molecular weight excluding hydrogens is 370 g/mol. The number of halogens is 1. The molecule has 0 unspecified atom stereocenters. The number of benzene rings is 2. The summed E-state index contributed by atoms with van der Waals surface area (Å²) in [6.45, 7) is 4.03. The molecule has 1 fully saturated rings. The summed E-state index contributed by atoms with van der Waals surface area (Å²) in [7, 11) is -3.77. The molecule has 1 aliphatic rings. The Labute approximate surface area is 159 Å². The van der Waals surface area contributed by atoms with Crippen molar-refractivity contribution in [1.29, 1.82) is 0 Å². The van der Waals surface area contributed by atoms with Gasteiger partial charge in [0.2, 0.25) is 5.91 Å². The average molecular weight is 392 g/mol. The summed E-state index contributed by atoms with van der Waals surface area (Å²) in [5.41, 5.74) is 2.77. The Hall–Kier alpha value is -1.85. The molecule has 3 rings (SSSR count). The first-order chi connectivity index (χ1) is 12.4. The number of carbonyl (C=O) groups is 1. The number of anilines is 1. The van der Waals surface area contributed by atoms with Crippen LogP contribution in [-0.4, -0.2) is 19.1 Å². The molecule has 138 valence electrons. The van der Waals surface area contributed by atoms with Gasteiger partial charge in [-0.1, -0.05) is 43.6 Å². The van der Waals surface area contributed by atoms with Crippen LogP contribution in [0.15, 0.2) is 47.4 Å². The summed E-state index contributed by atoms with van der Waals surface area (Å²) in [5.74, 6) is -0.442.